The molecule has 1 N–H and O–H groups in total. The number of para-hydroxylation sites is 1. The fourth-order valence-electron chi connectivity index (χ4n) is 4.21. The van der Waals surface area contributed by atoms with E-state index >= 15 is 0 Å². The third-order valence-corrected chi connectivity index (χ3v) is 6.97. The number of aliphatic hydroxyl groups is 1. The van der Waals surface area contributed by atoms with Crippen LogP contribution in [-0.2, 0) is 10.9 Å². The molecule has 0 aliphatic carbocycles. The molecular formula is C29H40F3N3O3S. The number of β-amino-alcohol motifs (C(OH)–C–C–N with tert-alkyl or cyclic N) is 1. The first-order valence-electron chi connectivity index (χ1n) is 13.0. The summed E-state index contributed by atoms with van der Waals surface area (Å²) in [5.41, 5.74) is -0.0557. The fourth-order valence-corrected chi connectivity index (χ4v) is 5.28. The molecule has 2 aliphatic rings. The summed E-state index contributed by atoms with van der Waals surface area (Å²) in [6.07, 6.45) is -5.60. The Hall–Kier alpha value is -2.69. The Balaban J connectivity index is 0.00000127. The van der Waals surface area contributed by atoms with Crippen molar-refractivity contribution in [2.75, 3.05) is 44.2 Å². The molecule has 39 heavy (non-hydrogen) atoms. The van der Waals surface area contributed by atoms with Crippen LogP contribution < -0.4 is 4.90 Å². The van der Waals surface area contributed by atoms with Gasteiger partial charge in [0.05, 0.1) is 29.6 Å². The Bertz CT molecular complexity index is 1080. The predicted molar refractivity (Wildman–Crippen MR) is 152 cm³/mol. The Morgan fingerprint density at radius 3 is 2.15 bits per heavy atom. The van der Waals surface area contributed by atoms with Gasteiger partial charge in [0.15, 0.2) is 0 Å². The van der Waals surface area contributed by atoms with E-state index in [1.54, 1.807) is 9.80 Å². The number of ether oxygens (including phenoxy) is 1. The fraction of sp³-hybridized carbons (Fsp3) is 0.483. The molecule has 10 heteroatoms. The summed E-state index contributed by atoms with van der Waals surface area (Å²) in [4.78, 5) is 19.4. The number of hydrogen-bond acceptors (Lipinski definition) is 6. The molecule has 0 aromatic heterocycles. The van der Waals surface area contributed by atoms with Gasteiger partial charge in [-0.25, -0.2) is 4.79 Å². The van der Waals surface area contributed by atoms with Crippen LogP contribution in [0.4, 0.5) is 29.3 Å². The number of carbonyl (C=O) groups excluding carboxylic acids is 1. The van der Waals surface area contributed by atoms with E-state index in [9.17, 15) is 23.1 Å². The predicted octanol–water partition coefficient (Wildman–Crippen LogP) is 7.05. The molecule has 216 valence electrons. The zero-order chi connectivity index (χ0) is 29.4. The van der Waals surface area contributed by atoms with E-state index in [1.807, 2.05) is 58.9 Å². The minimum atomic E-state index is -4.45. The van der Waals surface area contributed by atoms with Crippen LogP contribution in [0.25, 0.3) is 0 Å². The van der Waals surface area contributed by atoms with Crippen molar-refractivity contribution in [1.29, 1.82) is 0 Å². The van der Waals surface area contributed by atoms with Crippen molar-refractivity contribution in [3.8, 4) is 0 Å². The number of aliphatic hydroxyl groups excluding tert-OH is 1. The van der Waals surface area contributed by atoms with Gasteiger partial charge in [-0.05, 0) is 51.1 Å². The van der Waals surface area contributed by atoms with Gasteiger partial charge in [0.1, 0.15) is 5.60 Å². The molecule has 6 nitrogen and oxygen atoms in total. The topological polar surface area (TPSA) is 56.3 Å². The highest BCUT2D eigenvalue weighted by molar-refractivity contribution is 7.99. The van der Waals surface area contributed by atoms with Crippen molar-refractivity contribution < 1.29 is 27.8 Å². The first kappa shape index (κ1) is 32.5. The summed E-state index contributed by atoms with van der Waals surface area (Å²) in [6, 6.07) is 11.3. The average Bonchev–Trinajstić information content (AvgIpc) is 2.89. The highest BCUT2D eigenvalue weighted by atomic mass is 32.2. The molecule has 1 saturated heterocycles. The largest absolute Gasteiger partial charge is 0.444 e. The van der Waals surface area contributed by atoms with Crippen LogP contribution in [0.3, 0.4) is 0 Å². The number of rotatable bonds is 4. The van der Waals surface area contributed by atoms with E-state index in [-0.39, 0.29) is 12.6 Å². The third kappa shape index (κ3) is 8.91. The molecule has 2 aliphatic heterocycles. The molecule has 2 aromatic rings. The maximum Gasteiger partial charge on any atom is 0.416 e. The molecule has 0 bridgehead atoms. The molecule has 0 spiro atoms. The monoisotopic (exact) mass is 567 g/mol. The van der Waals surface area contributed by atoms with Gasteiger partial charge in [-0.15, -0.1) is 13.2 Å². The van der Waals surface area contributed by atoms with Crippen molar-refractivity contribution in [3.63, 3.8) is 0 Å². The van der Waals surface area contributed by atoms with Gasteiger partial charge in [-0.2, -0.15) is 13.2 Å². The maximum absolute atomic E-state index is 13.4. The molecule has 1 unspecified atom stereocenters. The van der Waals surface area contributed by atoms with Gasteiger partial charge in [0, 0.05) is 42.5 Å². The standard InChI is InChI=1S/C25H30F3N3O3S.C2H6.C2H4/c1-24(2,3)34-23(33)30-12-10-29(11-13-30)15-18(32)16-31-19-6-4-5-7-21(19)35-22-9-8-17(14-20(22)31)25(26,27)28;2*1-2/h4-9,14,18,32H,10-13,15-16H2,1-3H3;1-2H3;1-2H2. The summed E-state index contributed by atoms with van der Waals surface area (Å²) in [7, 11) is 0. The number of anilines is 2. The number of alkyl halides is 3. The summed E-state index contributed by atoms with van der Waals surface area (Å²) >= 11 is 1.42. The summed E-state index contributed by atoms with van der Waals surface area (Å²) in [6.45, 7) is 18.1. The van der Waals surface area contributed by atoms with E-state index in [4.69, 9.17) is 4.74 Å². The lowest BCUT2D eigenvalue weighted by atomic mass is 10.1. The van der Waals surface area contributed by atoms with Crippen molar-refractivity contribution >= 4 is 29.2 Å². The number of hydrogen-bond donors (Lipinski definition) is 1. The van der Waals surface area contributed by atoms with Crippen LogP contribution in [-0.4, -0.2) is 72.0 Å². The molecule has 0 saturated carbocycles. The quantitative estimate of drug-likeness (QED) is 0.400. The first-order valence-corrected chi connectivity index (χ1v) is 13.9. The molecule has 4 rings (SSSR count). The second-order valence-electron chi connectivity index (χ2n) is 9.78. The Morgan fingerprint density at radius 2 is 1.56 bits per heavy atom. The zero-order valence-electron chi connectivity index (χ0n) is 23.4. The summed E-state index contributed by atoms with van der Waals surface area (Å²) in [5, 5.41) is 10.9. The van der Waals surface area contributed by atoms with E-state index in [1.165, 1.54) is 17.8 Å². The lowest BCUT2D eigenvalue weighted by Gasteiger charge is -2.38. The van der Waals surface area contributed by atoms with Gasteiger partial charge >= 0.3 is 12.3 Å². The van der Waals surface area contributed by atoms with Crippen LogP contribution in [0.2, 0.25) is 0 Å². The minimum absolute atomic E-state index is 0.151. The van der Waals surface area contributed by atoms with Crippen LogP contribution in [0.15, 0.2) is 65.4 Å². The Kier molecular flexibility index (Phi) is 11.8. The van der Waals surface area contributed by atoms with Crippen molar-refractivity contribution in [3.05, 3.63) is 61.2 Å². The second kappa shape index (κ2) is 14.1. The Labute approximate surface area is 234 Å². The lowest BCUT2D eigenvalue weighted by molar-refractivity contribution is -0.137. The second-order valence-corrected chi connectivity index (χ2v) is 10.9. The molecule has 2 heterocycles. The van der Waals surface area contributed by atoms with Crippen molar-refractivity contribution in [2.45, 2.75) is 62.3 Å². The highest BCUT2D eigenvalue weighted by Crippen LogP contribution is 2.49. The molecule has 1 atom stereocenters. The van der Waals surface area contributed by atoms with Crippen LogP contribution >= 0.6 is 11.8 Å². The number of halogens is 3. The summed E-state index contributed by atoms with van der Waals surface area (Å²) in [5.74, 6) is 0. The normalized spacial score (nSPS) is 16.0. The van der Waals surface area contributed by atoms with Crippen LogP contribution in [0.5, 0.6) is 0 Å². The number of benzene rings is 2. The maximum atomic E-state index is 13.4. The smallest absolute Gasteiger partial charge is 0.416 e. The van der Waals surface area contributed by atoms with E-state index in [2.05, 4.69) is 18.1 Å². The highest BCUT2D eigenvalue weighted by Gasteiger charge is 2.34. The van der Waals surface area contributed by atoms with Crippen molar-refractivity contribution in [1.82, 2.24) is 9.80 Å². The molecule has 1 amide bonds. The molecular weight excluding hydrogens is 527 g/mol. The van der Waals surface area contributed by atoms with Gasteiger partial charge in [0.2, 0.25) is 0 Å². The summed E-state index contributed by atoms with van der Waals surface area (Å²) < 4.78 is 45.7. The SMILES string of the molecule is C=C.CC.CC(C)(C)OC(=O)N1CCN(CC(O)CN2c3ccccc3Sc3ccc(C(F)(F)F)cc32)CC1. The first-order chi connectivity index (χ1) is 18.4. The van der Waals surface area contributed by atoms with Gasteiger partial charge in [-0.1, -0.05) is 37.7 Å². The average molecular weight is 568 g/mol. The minimum Gasteiger partial charge on any atom is -0.444 e. The van der Waals surface area contributed by atoms with Gasteiger partial charge in [-0.3, -0.25) is 4.90 Å². The van der Waals surface area contributed by atoms with E-state index in [0.29, 0.717) is 38.4 Å². The van der Waals surface area contributed by atoms with Gasteiger partial charge in [0.25, 0.3) is 0 Å². The van der Waals surface area contributed by atoms with Gasteiger partial charge < -0.3 is 19.6 Å². The van der Waals surface area contributed by atoms with E-state index < -0.39 is 23.4 Å². The number of piperazine rings is 1. The molecule has 2 aromatic carbocycles. The third-order valence-electron chi connectivity index (χ3n) is 5.84. The number of nitrogens with zero attached hydrogens (tertiary/aromatic N) is 3. The van der Waals surface area contributed by atoms with E-state index in [0.717, 1.165) is 27.6 Å². The number of carbonyl (C=O) groups is 1. The number of amides is 1. The van der Waals surface area contributed by atoms with Crippen molar-refractivity contribution in [2.24, 2.45) is 0 Å². The Morgan fingerprint density at radius 1 is 0.974 bits per heavy atom. The van der Waals surface area contributed by atoms with Crippen LogP contribution in [0.1, 0.15) is 40.2 Å². The number of fused-ring (bicyclic) bond motifs is 2. The zero-order valence-corrected chi connectivity index (χ0v) is 24.2. The van der Waals surface area contributed by atoms with Crippen LogP contribution in [0, 0.1) is 0 Å². The lowest BCUT2D eigenvalue weighted by Crippen LogP contribution is -2.52. The molecule has 0 radical (unpaired) electrons. The molecule has 1 fully saturated rings.